The van der Waals surface area contributed by atoms with Crippen molar-refractivity contribution in [3.05, 3.63) is 57.6 Å². The normalized spacial score (nSPS) is 11.4. The first kappa shape index (κ1) is 20.9. The van der Waals surface area contributed by atoms with Gasteiger partial charge in [-0.3, -0.25) is 4.79 Å². The van der Waals surface area contributed by atoms with Crippen LogP contribution < -0.4 is 14.8 Å². The van der Waals surface area contributed by atoms with E-state index in [9.17, 15) is 9.59 Å². The van der Waals surface area contributed by atoms with E-state index in [0.29, 0.717) is 27.1 Å². The number of carbonyl (C=O) groups excluding carboxylic acids is 2. The first-order valence-electron chi connectivity index (χ1n) is 7.99. The van der Waals surface area contributed by atoms with E-state index >= 15 is 0 Å². The summed E-state index contributed by atoms with van der Waals surface area (Å²) in [4.78, 5) is 24.5. The van der Waals surface area contributed by atoms with E-state index < -0.39 is 18.5 Å². The molecule has 0 aliphatic rings. The standard InChI is InChI=1S/C19H19Cl2NO5/c1-11(13-8-7-12(20)9-14(13)21)22-17(23)10-27-19(24)18-15(25-2)5-4-6-16(18)26-3/h4-9,11H,10H2,1-3H3,(H,22,23). The second-order valence-electron chi connectivity index (χ2n) is 5.57. The Morgan fingerprint density at radius 1 is 1.07 bits per heavy atom. The van der Waals surface area contributed by atoms with Crippen LogP contribution in [0.2, 0.25) is 10.0 Å². The number of esters is 1. The molecular formula is C19H19Cl2NO5. The molecule has 0 aromatic heterocycles. The monoisotopic (exact) mass is 411 g/mol. The zero-order chi connectivity index (χ0) is 20.0. The molecule has 1 amide bonds. The summed E-state index contributed by atoms with van der Waals surface area (Å²) in [5.41, 5.74) is 0.816. The molecule has 1 N–H and O–H groups in total. The number of hydrogen-bond donors (Lipinski definition) is 1. The summed E-state index contributed by atoms with van der Waals surface area (Å²) in [6, 6.07) is 9.49. The molecule has 6 nitrogen and oxygen atoms in total. The maximum atomic E-state index is 12.4. The van der Waals surface area contributed by atoms with Gasteiger partial charge in [-0.1, -0.05) is 35.3 Å². The molecule has 27 heavy (non-hydrogen) atoms. The first-order valence-corrected chi connectivity index (χ1v) is 8.75. The molecule has 1 atom stereocenters. The molecule has 2 aromatic carbocycles. The minimum atomic E-state index is -0.725. The van der Waals surface area contributed by atoms with Crippen LogP contribution in [0.1, 0.15) is 28.9 Å². The average Bonchev–Trinajstić information content (AvgIpc) is 2.65. The molecule has 144 valence electrons. The van der Waals surface area contributed by atoms with Crippen LogP contribution in [-0.2, 0) is 9.53 Å². The van der Waals surface area contributed by atoms with Crippen molar-refractivity contribution in [2.75, 3.05) is 20.8 Å². The zero-order valence-corrected chi connectivity index (χ0v) is 16.6. The quantitative estimate of drug-likeness (QED) is 0.695. The van der Waals surface area contributed by atoms with Crippen molar-refractivity contribution in [3.63, 3.8) is 0 Å². The number of amides is 1. The fourth-order valence-corrected chi connectivity index (χ4v) is 3.04. The number of rotatable bonds is 7. The molecule has 2 rings (SSSR count). The van der Waals surface area contributed by atoms with Crippen molar-refractivity contribution < 1.29 is 23.8 Å². The van der Waals surface area contributed by atoms with Crippen LogP contribution in [0.4, 0.5) is 0 Å². The SMILES string of the molecule is COc1cccc(OC)c1C(=O)OCC(=O)NC(C)c1ccc(Cl)cc1Cl. The molecule has 8 heteroatoms. The molecule has 0 aliphatic heterocycles. The third-order valence-corrected chi connectivity index (χ3v) is 4.34. The van der Waals surface area contributed by atoms with Crippen LogP contribution in [0.5, 0.6) is 11.5 Å². The minimum absolute atomic E-state index is 0.115. The van der Waals surface area contributed by atoms with Crippen LogP contribution in [0, 0.1) is 0 Å². The van der Waals surface area contributed by atoms with Gasteiger partial charge in [-0.25, -0.2) is 4.79 Å². The van der Waals surface area contributed by atoms with Crippen LogP contribution in [0.15, 0.2) is 36.4 Å². The van der Waals surface area contributed by atoms with Crippen molar-refractivity contribution in [3.8, 4) is 11.5 Å². The predicted octanol–water partition coefficient (Wildman–Crippen LogP) is 4.04. The van der Waals surface area contributed by atoms with Gasteiger partial charge in [-0.05, 0) is 36.8 Å². The summed E-state index contributed by atoms with van der Waals surface area (Å²) < 4.78 is 15.4. The summed E-state index contributed by atoms with van der Waals surface area (Å²) in [6.45, 7) is 1.30. The van der Waals surface area contributed by atoms with Crippen molar-refractivity contribution in [2.45, 2.75) is 13.0 Å². The Balaban J connectivity index is 2.00. The minimum Gasteiger partial charge on any atom is -0.496 e. The molecule has 0 saturated carbocycles. The Kier molecular flexibility index (Phi) is 7.33. The summed E-state index contributed by atoms with van der Waals surface area (Å²) >= 11 is 12.0. The number of ether oxygens (including phenoxy) is 3. The van der Waals surface area contributed by atoms with E-state index in [2.05, 4.69) is 5.32 Å². The lowest BCUT2D eigenvalue weighted by atomic mass is 10.1. The predicted molar refractivity (Wildman–Crippen MR) is 103 cm³/mol. The van der Waals surface area contributed by atoms with Crippen molar-refractivity contribution in [1.82, 2.24) is 5.32 Å². The highest BCUT2D eigenvalue weighted by atomic mass is 35.5. The van der Waals surface area contributed by atoms with Gasteiger partial charge in [0.15, 0.2) is 6.61 Å². The van der Waals surface area contributed by atoms with E-state index in [-0.39, 0.29) is 11.6 Å². The molecule has 0 spiro atoms. The second-order valence-corrected chi connectivity index (χ2v) is 6.41. The third-order valence-electron chi connectivity index (χ3n) is 3.77. The highest BCUT2D eigenvalue weighted by Gasteiger charge is 2.21. The van der Waals surface area contributed by atoms with Crippen molar-refractivity contribution >= 4 is 35.1 Å². The summed E-state index contributed by atoms with van der Waals surface area (Å²) in [6.07, 6.45) is 0. The van der Waals surface area contributed by atoms with Gasteiger partial charge in [-0.15, -0.1) is 0 Å². The maximum Gasteiger partial charge on any atom is 0.346 e. The third kappa shape index (κ3) is 5.28. The first-order chi connectivity index (χ1) is 12.9. The number of nitrogens with one attached hydrogen (secondary N) is 1. The molecule has 0 radical (unpaired) electrons. The lowest BCUT2D eigenvalue weighted by Crippen LogP contribution is -2.31. The van der Waals surface area contributed by atoms with Gasteiger partial charge >= 0.3 is 5.97 Å². The number of methoxy groups -OCH3 is 2. The van der Waals surface area contributed by atoms with Gasteiger partial charge in [0.25, 0.3) is 5.91 Å². The maximum absolute atomic E-state index is 12.4. The van der Waals surface area contributed by atoms with Gasteiger partial charge < -0.3 is 19.5 Å². The summed E-state index contributed by atoms with van der Waals surface area (Å²) in [5, 5.41) is 3.65. The van der Waals surface area contributed by atoms with E-state index in [1.54, 1.807) is 43.3 Å². The van der Waals surface area contributed by atoms with Crippen molar-refractivity contribution in [1.29, 1.82) is 0 Å². The highest BCUT2D eigenvalue weighted by Crippen LogP contribution is 2.29. The van der Waals surface area contributed by atoms with Gasteiger partial charge in [0, 0.05) is 10.0 Å². The van der Waals surface area contributed by atoms with E-state index in [4.69, 9.17) is 37.4 Å². The number of halogens is 2. The Labute approximate surface area is 167 Å². The Morgan fingerprint density at radius 3 is 2.26 bits per heavy atom. The fourth-order valence-electron chi connectivity index (χ4n) is 2.47. The van der Waals surface area contributed by atoms with Gasteiger partial charge in [-0.2, -0.15) is 0 Å². The Morgan fingerprint density at radius 2 is 1.70 bits per heavy atom. The van der Waals surface area contributed by atoms with Gasteiger partial charge in [0.05, 0.1) is 20.3 Å². The van der Waals surface area contributed by atoms with Crippen LogP contribution in [-0.4, -0.2) is 32.7 Å². The molecular weight excluding hydrogens is 393 g/mol. The van der Waals surface area contributed by atoms with Crippen LogP contribution >= 0.6 is 23.2 Å². The molecule has 0 heterocycles. The number of carbonyl (C=O) groups is 2. The number of hydrogen-bond acceptors (Lipinski definition) is 5. The molecule has 0 fully saturated rings. The van der Waals surface area contributed by atoms with E-state index in [1.807, 2.05) is 0 Å². The smallest absolute Gasteiger partial charge is 0.346 e. The topological polar surface area (TPSA) is 73.9 Å². The molecule has 1 unspecified atom stereocenters. The lowest BCUT2D eigenvalue weighted by Gasteiger charge is -2.16. The molecule has 0 aliphatic carbocycles. The van der Waals surface area contributed by atoms with Gasteiger partial charge in [0.2, 0.25) is 0 Å². The largest absolute Gasteiger partial charge is 0.496 e. The van der Waals surface area contributed by atoms with Crippen molar-refractivity contribution in [2.24, 2.45) is 0 Å². The van der Waals surface area contributed by atoms with Crippen LogP contribution in [0.25, 0.3) is 0 Å². The molecule has 0 saturated heterocycles. The second kappa shape index (κ2) is 9.48. The fraction of sp³-hybridized carbons (Fsp3) is 0.263. The average molecular weight is 412 g/mol. The lowest BCUT2D eigenvalue weighted by molar-refractivity contribution is -0.124. The zero-order valence-electron chi connectivity index (χ0n) is 15.0. The van der Waals surface area contributed by atoms with Crippen LogP contribution in [0.3, 0.4) is 0 Å². The Bertz CT molecular complexity index is 819. The summed E-state index contributed by atoms with van der Waals surface area (Å²) in [7, 11) is 2.85. The molecule has 0 bridgehead atoms. The number of benzene rings is 2. The highest BCUT2D eigenvalue weighted by molar-refractivity contribution is 6.35. The Hall–Kier alpha value is -2.44. The van der Waals surface area contributed by atoms with Gasteiger partial charge in [0.1, 0.15) is 17.1 Å². The van der Waals surface area contributed by atoms with E-state index in [1.165, 1.54) is 14.2 Å². The molecule has 2 aromatic rings. The van der Waals surface area contributed by atoms with E-state index in [0.717, 1.165) is 0 Å². The summed E-state index contributed by atoms with van der Waals surface area (Å²) in [5.74, 6) is -0.616.